The molecule has 1 heterocycles. The van der Waals surface area contributed by atoms with Crippen LogP contribution < -0.4 is 23.8 Å². The Morgan fingerprint density at radius 2 is 1.77 bits per heavy atom. The van der Waals surface area contributed by atoms with Crippen molar-refractivity contribution in [3.05, 3.63) is 77.9 Å². The summed E-state index contributed by atoms with van der Waals surface area (Å²) >= 11 is 0. The topological polar surface area (TPSA) is 94.2 Å². The van der Waals surface area contributed by atoms with Crippen molar-refractivity contribution in [2.75, 3.05) is 25.1 Å². The van der Waals surface area contributed by atoms with E-state index in [1.165, 1.54) is 23.5 Å². The third-order valence-electron chi connectivity index (χ3n) is 5.89. The molecule has 3 aromatic carbocycles. The number of rotatable bonds is 7. The van der Waals surface area contributed by atoms with E-state index in [2.05, 4.69) is 5.32 Å². The van der Waals surface area contributed by atoms with Crippen molar-refractivity contribution in [1.82, 2.24) is 5.32 Å². The SMILES string of the molecule is COc1ccc(S(=O)(=O)N2C[C@@H](C(=O)N[C@@H](C)c3ccccc3OC)Oc3cc(C)ccc32)cc1. The number of amides is 1. The largest absolute Gasteiger partial charge is 0.497 e. The van der Waals surface area contributed by atoms with E-state index < -0.39 is 22.0 Å². The molecule has 0 unspecified atom stereocenters. The van der Waals surface area contributed by atoms with Gasteiger partial charge >= 0.3 is 0 Å². The number of anilines is 1. The molecule has 8 nitrogen and oxygen atoms in total. The number of nitrogens with one attached hydrogen (secondary N) is 1. The predicted octanol–water partition coefficient (Wildman–Crippen LogP) is 3.85. The van der Waals surface area contributed by atoms with Gasteiger partial charge in [-0.15, -0.1) is 0 Å². The van der Waals surface area contributed by atoms with Crippen LogP contribution in [0.4, 0.5) is 5.69 Å². The number of hydrogen-bond acceptors (Lipinski definition) is 6. The number of para-hydroxylation sites is 1. The molecule has 0 spiro atoms. The van der Waals surface area contributed by atoms with Crippen molar-refractivity contribution in [2.45, 2.75) is 30.9 Å². The van der Waals surface area contributed by atoms with Crippen LogP contribution in [0.1, 0.15) is 24.1 Å². The van der Waals surface area contributed by atoms with Gasteiger partial charge in [0, 0.05) is 5.56 Å². The summed E-state index contributed by atoms with van der Waals surface area (Å²) in [4.78, 5) is 13.3. The van der Waals surface area contributed by atoms with Gasteiger partial charge in [0.05, 0.1) is 37.4 Å². The average Bonchev–Trinajstić information content (AvgIpc) is 2.87. The van der Waals surface area contributed by atoms with E-state index in [4.69, 9.17) is 14.2 Å². The van der Waals surface area contributed by atoms with Crippen molar-refractivity contribution in [3.63, 3.8) is 0 Å². The standard InChI is InChI=1S/C26H28N2O6S/c1-17-9-14-22-24(15-17)34-25(26(29)27-18(2)21-7-5-6-8-23(21)33-4)16-28(22)35(30,31)20-12-10-19(32-3)11-13-20/h5-15,18,25H,16H2,1-4H3,(H,27,29)/t18-,25-/m0/s1. The smallest absolute Gasteiger partial charge is 0.264 e. The fraction of sp³-hybridized carbons (Fsp3) is 0.269. The number of fused-ring (bicyclic) bond motifs is 1. The Bertz CT molecular complexity index is 1320. The monoisotopic (exact) mass is 496 g/mol. The molecule has 1 aliphatic heterocycles. The summed E-state index contributed by atoms with van der Waals surface area (Å²) in [6.45, 7) is 3.54. The van der Waals surface area contributed by atoms with Crippen molar-refractivity contribution in [2.24, 2.45) is 0 Å². The molecule has 0 radical (unpaired) electrons. The van der Waals surface area contributed by atoms with Gasteiger partial charge in [-0.1, -0.05) is 24.3 Å². The minimum absolute atomic E-state index is 0.0910. The van der Waals surface area contributed by atoms with E-state index >= 15 is 0 Å². The summed E-state index contributed by atoms with van der Waals surface area (Å²) < 4.78 is 45.0. The summed E-state index contributed by atoms with van der Waals surface area (Å²) in [6, 6.07) is 18.4. The lowest BCUT2D eigenvalue weighted by atomic mass is 10.1. The van der Waals surface area contributed by atoms with Gasteiger partial charge in [-0.25, -0.2) is 8.42 Å². The summed E-state index contributed by atoms with van der Waals surface area (Å²) in [5, 5.41) is 2.93. The van der Waals surface area contributed by atoms with Crippen molar-refractivity contribution >= 4 is 21.6 Å². The molecular weight excluding hydrogens is 468 g/mol. The van der Waals surface area contributed by atoms with E-state index in [0.717, 1.165) is 11.1 Å². The van der Waals surface area contributed by atoms with Gasteiger partial charge in [0.2, 0.25) is 0 Å². The molecule has 2 atom stereocenters. The van der Waals surface area contributed by atoms with Crippen LogP contribution in [-0.4, -0.2) is 41.2 Å². The lowest BCUT2D eigenvalue weighted by molar-refractivity contribution is -0.128. The minimum atomic E-state index is -3.97. The molecule has 1 amide bonds. The first-order chi connectivity index (χ1) is 16.7. The third kappa shape index (κ3) is 4.90. The minimum Gasteiger partial charge on any atom is -0.497 e. The van der Waals surface area contributed by atoms with E-state index in [1.807, 2.05) is 44.2 Å². The number of carbonyl (C=O) groups excluding carboxylic acids is 1. The highest BCUT2D eigenvalue weighted by Crippen LogP contribution is 2.38. The zero-order valence-corrected chi connectivity index (χ0v) is 20.8. The van der Waals surface area contributed by atoms with Crippen molar-refractivity contribution < 1.29 is 27.4 Å². The number of aryl methyl sites for hydroxylation is 1. The number of benzene rings is 3. The van der Waals surface area contributed by atoms with E-state index in [1.54, 1.807) is 31.4 Å². The average molecular weight is 497 g/mol. The Hall–Kier alpha value is -3.72. The van der Waals surface area contributed by atoms with Gasteiger partial charge in [0.1, 0.15) is 17.2 Å². The molecule has 35 heavy (non-hydrogen) atoms. The summed E-state index contributed by atoms with van der Waals surface area (Å²) in [5.41, 5.74) is 2.07. The van der Waals surface area contributed by atoms with Crippen LogP contribution in [0.15, 0.2) is 71.6 Å². The summed E-state index contributed by atoms with van der Waals surface area (Å²) in [6.07, 6.45) is -1.05. The van der Waals surface area contributed by atoms with Crippen molar-refractivity contribution in [1.29, 1.82) is 0 Å². The second-order valence-corrected chi connectivity index (χ2v) is 10.1. The fourth-order valence-corrected chi connectivity index (χ4v) is 5.48. The molecular formula is C26H28N2O6S. The maximum absolute atomic E-state index is 13.6. The van der Waals surface area contributed by atoms with Crippen LogP contribution in [0.5, 0.6) is 17.2 Å². The van der Waals surface area contributed by atoms with Crippen LogP contribution in [0.25, 0.3) is 0 Å². The van der Waals surface area contributed by atoms with Crippen LogP contribution in [0.3, 0.4) is 0 Å². The number of hydrogen-bond donors (Lipinski definition) is 1. The third-order valence-corrected chi connectivity index (χ3v) is 7.68. The maximum Gasteiger partial charge on any atom is 0.264 e. The van der Waals surface area contributed by atoms with Gasteiger partial charge in [-0.3, -0.25) is 9.10 Å². The van der Waals surface area contributed by atoms with Gasteiger partial charge in [-0.2, -0.15) is 0 Å². The first-order valence-electron chi connectivity index (χ1n) is 11.1. The Morgan fingerprint density at radius 3 is 2.46 bits per heavy atom. The normalized spacial score (nSPS) is 16.0. The zero-order valence-electron chi connectivity index (χ0n) is 20.0. The molecule has 0 fully saturated rings. The molecule has 9 heteroatoms. The highest BCUT2D eigenvalue weighted by Gasteiger charge is 2.38. The number of sulfonamides is 1. The fourth-order valence-electron chi connectivity index (χ4n) is 4.01. The molecule has 0 aromatic heterocycles. The highest BCUT2D eigenvalue weighted by atomic mass is 32.2. The Kier molecular flexibility index (Phi) is 6.88. The van der Waals surface area contributed by atoms with Crippen LogP contribution in [0.2, 0.25) is 0 Å². The quantitative estimate of drug-likeness (QED) is 0.534. The predicted molar refractivity (Wildman–Crippen MR) is 133 cm³/mol. The maximum atomic E-state index is 13.6. The van der Waals surface area contributed by atoms with Crippen LogP contribution in [0, 0.1) is 6.92 Å². The van der Waals surface area contributed by atoms with Crippen molar-refractivity contribution in [3.8, 4) is 17.2 Å². The van der Waals surface area contributed by atoms with E-state index in [0.29, 0.717) is 22.9 Å². The first kappa shape index (κ1) is 24.4. The molecule has 3 aromatic rings. The number of carbonyl (C=O) groups is 1. The van der Waals surface area contributed by atoms with Gasteiger partial charge < -0.3 is 19.5 Å². The number of ether oxygens (including phenoxy) is 3. The molecule has 184 valence electrons. The number of methoxy groups -OCH3 is 2. The molecule has 0 bridgehead atoms. The highest BCUT2D eigenvalue weighted by molar-refractivity contribution is 7.92. The zero-order chi connectivity index (χ0) is 25.2. The second-order valence-electron chi connectivity index (χ2n) is 8.26. The Labute approximate surface area is 205 Å². The van der Waals surface area contributed by atoms with Crippen LogP contribution >= 0.6 is 0 Å². The lowest BCUT2D eigenvalue weighted by Crippen LogP contribution is -2.51. The van der Waals surface area contributed by atoms with Gasteiger partial charge in [-0.05, 0) is 61.9 Å². The second kappa shape index (κ2) is 9.87. The summed E-state index contributed by atoms with van der Waals surface area (Å²) in [7, 11) is -0.892. The molecule has 0 saturated carbocycles. The van der Waals surface area contributed by atoms with Crippen LogP contribution in [-0.2, 0) is 14.8 Å². The first-order valence-corrected chi connectivity index (χ1v) is 12.6. The Morgan fingerprint density at radius 1 is 1.06 bits per heavy atom. The molecule has 1 aliphatic rings. The number of nitrogens with zero attached hydrogens (tertiary/aromatic N) is 1. The van der Waals surface area contributed by atoms with E-state index in [-0.39, 0.29) is 17.5 Å². The molecule has 4 rings (SSSR count). The van der Waals surface area contributed by atoms with Gasteiger partial charge in [0.25, 0.3) is 15.9 Å². The van der Waals surface area contributed by atoms with Gasteiger partial charge in [0.15, 0.2) is 6.10 Å². The molecule has 1 N–H and O–H groups in total. The van der Waals surface area contributed by atoms with E-state index in [9.17, 15) is 13.2 Å². The summed E-state index contributed by atoms with van der Waals surface area (Å²) in [5.74, 6) is 1.10. The molecule has 0 aliphatic carbocycles. The molecule has 0 saturated heterocycles. The Balaban J connectivity index is 1.64. The lowest BCUT2D eigenvalue weighted by Gasteiger charge is -2.35.